The monoisotopic (exact) mass is 372 g/mol. The fraction of sp³-hybridized carbons (Fsp3) is 0.562. The second-order valence-electron chi connectivity index (χ2n) is 6.11. The fourth-order valence-electron chi connectivity index (χ4n) is 3.56. The molecule has 1 saturated carbocycles. The highest BCUT2D eigenvalue weighted by atomic mass is 79.9. The van der Waals surface area contributed by atoms with E-state index in [1.807, 2.05) is 24.3 Å². The molecule has 3 nitrogen and oxygen atoms in total. The van der Waals surface area contributed by atoms with Crippen molar-refractivity contribution in [2.75, 3.05) is 13.7 Å². The second kappa shape index (κ2) is 5.56. The third kappa shape index (κ3) is 2.62. The molecule has 1 aromatic carbocycles. The van der Waals surface area contributed by atoms with E-state index in [0.717, 1.165) is 29.8 Å². The lowest BCUT2D eigenvalue weighted by atomic mass is 9.63. The first-order chi connectivity index (χ1) is 10.00. The van der Waals surface area contributed by atoms with Crippen molar-refractivity contribution in [3.8, 4) is 0 Å². The van der Waals surface area contributed by atoms with Gasteiger partial charge in [-0.05, 0) is 37.0 Å². The molecule has 2 saturated heterocycles. The van der Waals surface area contributed by atoms with Gasteiger partial charge in [0.05, 0.1) is 20.1 Å². The first-order valence-corrected chi connectivity index (χ1v) is 8.40. The van der Waals surface area contributed by atoms with Crippen LogP contribution in [0.1, 0.15) is 31.2 Å². The molecule has 3 unspecified atom stereocenters. The molecule has 0 aromatic heterocycles. The molecule has 0 amide bonds. The Morgan fingerprint density at radius 3 is 2.67 bits per heavy atom. The van der Waals surface area contributed by atoms with Gasteiger partial charge in [-0.15, -0.1) is 0 Å². The van der Waals surface area contributed by atoms with E-state index in [-0.39, 0.29) is 21.8 Å². The molecule has 0 N–H and O–H groups in total. The number of benzene rings is 1. The molecule has 5 heteroatoms. The van der Waals surface area contributed by atoms with E-state index in [1.165, 1.54) is 7.11 Å². The maximum absolute atomic E-state index is 11.6. The Hall–Kier alpha value is -0.580. The van der Waals surface area contributed by atoms with Crippen LogP contribution < -0.4 is 0 Å². The number of carbonyl (C=O) groups excluding carboxylic acids is 1. The molecule has 0 radical (unpaired) electrons. The first-order valence-electron chi connectivity index (χ1n) is 7.11. The molecule has 3 aliphatic rings. The average Bonchev–Trinajstić information content (AvgIpc) is 2.49. The summed E-state index contributed by atoms with van der Waals surface area (Å²) < 4.78 is 11.1. The summed E-state index contributed by atoms with van der Waals surface area (Å²) in [6, 6.07) is 7.88. The smallest absolute Gasteiger partial charge is 0.306 e. The van der Waals surface area contributed by atoms with Gasteiger partial charge in [0, 0.05) is 15.3 Å². The van der Waals surface area contributed by atoms with Crippen LogP contribution >= 0.6 is 27.5 Å². The number of fused-ring (bicyclic) bond motifs is 3. The van der Waals surface area contributed by atoms with Crippen LogP contribution in [0.3, 0.4) is 0 Å². The lowest BCUT2D eigenvalue weighted by molar-refractivity contribution is -0.191. The maximum Gasteiger partial charge on any atom is 0.306 e. The zero-order valence-corrected chi connectivity index (χ0v) is 14.2. The van der Waals surface area contributed by atoms with Gasteiger partial charge in [-0.2, -0.15) is 0 Å². The van der Waals surface area contributed by atoms with Crippen LogP contribution in [0.2, 0.25) is 5.02 Å². The SMILES string of the molecule is COC(=O)CC12CCC(c3ccc(Cl)cc3)(OC1)C(Br)C2. The summed E-state index contributed by atoms with van der Waals surface area (Å²) in [7, 11) is 1.44. The van der Waals surface area contributed by atoms with Gasteiger partial charge >= 0.3 is 5.97 Å². The zero-order chi connectivity index (χ0) is 15.1. The van der Waals surface area contributed by atoms with Crippen molar-refractivity contribution in [2.45, 2.75) is 36.1 Å². The third-order valence-electron chi connectivity index (χ3n) is 4.86. The quantitative estimate of drug-likeness (QED) is 0.592. The van der Waals surface area contributed by atoms with Gasteiger partial charge in [0.15, 0.2) is 0 Å². The Morgan fingerprint density at radius 2 is 2.14 bits per heavy atom. The average molecular weight is 374 g/mol. The van der Waals surface area contributed by atoms with Crippen molar-refractivity contribution in [3.05, 3.63) is 34.9 Å². The highest BCUT2D eigenvalue weighted by molar-refractivity contribution is 9.09. The molecule has 3 atom stereocenters. The van der Waals surface area contributed by atoms with Crippen LogP contribution in [-0.4, -0.2) is 24.5 Å². The van der Waals surface area contributed by atoms with Gasteiger partial charge < -0.3 is 9.47 Å². The highest BCUT2D eigenvalue weighted by Crippen LogP contribution is 2.57. The summed E-state index contributed by atoms with van der Waals surface area (Å²) in [6.07, 6.45) is 3.24. The minimum Gasteiger partial charge on any atom is -0.469 e. The van der Waals surface area contributed by atoms with Gasteiger partial charge in [0.25, 0.3) is 0 Å². The van der Waals surface area contributed by atoms with E-state index >= 15 is 0 Å². The van der Waals surface area contributed by atoms with Crippen LogP contribution in [0.4, 0.5) is 0 Å². The van der Waals surface area contributed by atoms with Crippen LogP contribution in [0.15, 0.2) is 24.3 Å². The van der Waals surface area contributed by atoms with E-state index < -0.39 is 0 Å². The number of hydrogen-bond acceptors (Lipinski definition) is 3. The Labute approximate surface area is 138 Å². The molecule has 21 heavy (non-hydrogen) atoms. The minimum absolute atomic E-state index is 0.0879. The number of halogens is 2. The van der Waals surface area contributed by atoms with E-state index in [2.05, 4.69) is 15.9 Å². The molecule has 1 aromatic rings. The highest BCUT2D eigenvalue weighted by Gasteiger charge is 2.56. The topological polar surface area (TPSA) is 35.5 Å². The van der Waals surface area contributed by atoms with Gasteiger partial charge in [0.1, 0.15) is 5.60 Å². The molecular weight excluding hydrogens is 356 g/mol. The standard InChI is InChI=1S/C16H18BrClO3/c1-20-14(19)9-15-6-7-16(21-10-15,13(17)8-15)11-2-4-12(18)5-3-11/h2-5,13H,6-10H2,1H3. The number of rotatable bonds is 3. The predicted octanol–water partition coefficient (Wildman–Crippen LogP) is 4.06. The van der Waals surface area contributed by atoms with Gasteiger partial charge in [0.2, 0.25) is 0 Å². The Bertz CT molecular complexity index is 535. The summed E-state index contributed by atoms with van der Waals surface area (Å²) >= 11 is 9.77. The Kier molecular flexibility index (Phi) is 4.06. The summed E-state index contributed by atoms with van der Waals surface area (Å²) in [5.41, 5.74) is 0.762. The van der Waals surface area contributed by atoms with Crippen LogP contribution in [-0.2, 0) is 19.9 Å². The molecule has 4 rings (SSSR count). The van der Waals surface area contributed by atoms with Crippen LogP contribution in [0, 0.1) is 5.41 Å². The van der Waals surface area contributed by atoms with E-state index in [1.54, 1.807) is 0 Å². The summed E-state index contributed by atoms with van der Waals surface area (Å²) in [5.74, 6) is -0.154. The predicted molar refractivity (Wildman–Crippen MR) is 84.7 cm³/mol. The summed E-state index contributed by atoms with van der Waals surface area (Å²) in [4.78, 5) is 11.8. The number of carbonyl (C=O) groups is 1. The largest absolute Gasteiger partial charge is 0.469 e. The Morgan fingerprint density at radius 1 is 1.43 bits per heavy atom. The van der Waals surface area contributed by atoms with Gasteiger partial charge in [-0.25, -0.2) is 0 Å². The van der Waals surface area contributed by atoms with Gasteiger partial charge in [-0.1, -0.05) is 39.7 Å². The molecule has 114 valence electrons. The number of alkyl halides is 1. The molecule has 0 spiro atoms. The molecule has 2 heterocycles. The van der Waals surface area contributed by atoms with Crippen molar-refractivity contribution < 1.29 is 14.3 Å². The summed E-state index contributed by atoms with van der Waals surface area (Å²) in [6.45, 7) is 0.604. The number of methoxy groups -OCH3 is 1. The second-order valence-corrected chi connectivity index (χ2v) is 7.65. The maximum atomic E-state index is 11.6. The normalized spacial score (nSPS) is 34.7. The Balaban J connectivity index is 1.84. The first kappa shape index (κ1) is 15.3. The van der Waals surface area contributed by atoms with Crippen molar-refractivity contribution in [1.29, 1.82) is 0 Å². The van der Waals surface area contributed by atoms with Crippen molar-refractivity contribution in [3.63, 3.8) is 0 Å². The third-order valence-corrected chi connectivity index (χ3v) is 6.18. The van der Waals surface area contributed by atoms with E-state index in [0.29, 0.717) is 13.0 Å². The van der Waals surface area contributed by atoms with Crippen molar-refractivity contribution in [2.24, 2.45) is 5.41 Å². The lowest BCUT2D eigenvalue weighted by Gasteiger charge is -2.55. The molecule has 2 bridgehead atoms. The lowest BCUT2D eigenvalue weighted by Crippen LogP contribution is -2.56. The molecule has 1 aliphatic carbocycles. The number of hydrogen-bond donors (Lipinski definition) is 0. The number of ether oxygens (including phenoxy) is 2. The van der Waals surface area contributed by atoms with Gasteiger partial charge in [-0.3, -0.25) is 4.79 Å². The van der Waals surface area contributed by atoms with Crippen molar-refractivity contribution in [1.82, 2.24) is 0 Å². The molecule has 2 aliphatic heterocycles. The van der Waals surface area contributed by atoms with Crippen molar-refractivity contribution >= 4 is 33.5 Å². The molecule has 3 fully saturated rings. The van der Waals surface area contributed by atoms with Crippen LogP contribution in [0.25, 0.3) is 0 Å². The van der Waals surface area contributed by atoms with E-state index in [4.69, 9.17) is 21.1 Å². The van der Waals surface area contributed by atoms with E-state index in [9.17, 15) is 4.79 Å². The fourth-order valence-corrected chi connectivity index (χ4v) is 5.00. The minimum atomic E-state index is -0.303. The molecular formula is C16H18BrClO3. The summed E-state index contributed by atoms with van der Waals surface area (Å²) in [5, 5.41) is 0.730. The zero-order valence-electron chi connectivity index (χ0n) is 11.9. The number of esters is 1. The van der Waals surface area contributed by atoms with Crippen LogP contribution in [0.5, 0.6) is 0 Å².